The van der Waals surface area contributed by atoms with E-state index < -0.39 is 0 Å². The van der Waals surface area contributed by atoms with E-state index in [4.69, 9.17) is 4.74 Å². The second-order valence-corrected chi connectivity index (χ2v) is 8.27. The van der Waals surface area contributed by atoms with Crippen molar-refractivity contribution >= 4 is 0 Å². The van der Waals surface area contributed by atoms with Crippen LogP contribution in [0.1, 0.15) is 59.3 Å². The number of hydrogen-bond acceptors (Lipinski definition) is 3. The maximum atomic E-state index is 5.92. The van der Waals surface area contributed by atoms with Crippen LogP contribution in [0.15, 0.2) is 0 Å². The number of nitrogens with zero attached hydrogens (tertiary/aromatic N) is 1. The third kappa shape index (κ3) is 2.90. The molecule has 0 aromatic carbocycles. The van der Waals surface area contributed by atoms with Crippen molar-refractivity contribution in [2.45, 2.75) is 77.0 Å². The predicted molar refractivity (Wildman–Crippen MR) is 83.0 cm³/mol. The lowest BCUT2D eigenvalue weighted by atomic mass is 9.81. The van der Waals surface area contributed by atoms with Gasteiger partial charge in [-0.1, -0.05) is 33.6 Å². The molecule has 1 spiro atoms. The lowest BCUT2D eigenvalue weighted by molar-refractivity contribution is -0.0204. The largest absolute Gasteiger partial charge is 0.377 e. The van der Waals surface area contributed by atoms with E-state index >= 15 is 0 Å². The van der Waals surface area contributed by atoms with Crippen molar-refractivity contribution in [1.82, 2.24) is 10.2 Å². The summed E-state index contributed by atoms with van der Waals surface area (Å²) in [5.74, 6) is 0. The number of hydrogen-bond donors (Lipinski definition) is 1. The van der Waals surface area contributed by atoms with Gasteiger partial charge < -0.3 is 10.1 Å². The summed E-state index contributed by atoms with van der Waals surface area (Å²) in [4.78, 5) is 2.81. The van der Waals surface area contributed by atoms with Gasteiger partial charge in [-0.15, -0.1) is 0 Å². The van der Waals surface area contributed by atoms with Gasteiger partial charge in [0.1, 0.15) is 0 Å². The van der Waals surface area contributed by atoms with E-state index in [9.17, 15) is 0 Å². The second-order valence-electron chi connectivity index (χ2n) is 8.27. The Morgan fingerprint density at radius 2 is 1.95 bits per heavy atom. The Morgan fingerprint density at radius 3 is 2.55 bits per heavy atom. The average Bonchev–Trinajstić information content (AvgIpc) is 3.02. The third-order valence-electron chi connectivity index (χ3n) is 5.78. The van der Waals surface area contributed by atoms with Gasteiger partial charge in [0.2, 0.25) is 0 Å². The molecular formula is C17H32N2O. The summed E-state index contributed by atoms with van der Waals surface area (Å²) in [5.41, 5.74) is 0.780. The summed E-state index contributed by atoms with van der Waals surface area (Å²) in [6.45, 7) is 11.6. The monoisotopic (exact) mass is 280 g/mol. The van der Waals surface area contributed by atoms with Crippen LogP contribution in [-0.4, -0.2) is 48.8 Å². The summed E-state index contributed by atoms with van der Waals surface area (Å²) >= 11 is 0. The molecule has 0 aromatic rings. The minimum atomic E-state index is 0.342. The molecule has 1 aliphatic carbocycles. The summed E-state index contributed by atoms with van der Waals surface area (Å²) in [5, 5.41) is 3.86. The van der Waals surface area contributed by atoms with Gasteiger partial charge in [0.05, 0.1) is 6.10 Å². The quantitative estimate of drug-likeness (QED) is 0.842. The Bertz CT molecular complexity index is 324. The molecule has 3 heteroatoms. The molecule has 1 N–H and O–H groups in total. The fourth-order valence-electron chi connectivity index (χ4n) is 4.31. The predicted octanol–water partition coefficient (Wildman–Crippen LogP) is 2.80. The summed E-state index contributed by atoms with van der Waals surface area (Å²) in [6.07, 6.45) is 8.58. The molecule has 3 rings (SSSR count). The highest BCUT2D eigenvalue weighted by molar-refractivity contribution is 5.04. The van der Waals surface area contributed by atoms with Gasteiger partial charge in [-0.2, -0.15) is 0 Å². The highest BCUT2D eigenvalue weighted by Crippen LogP contribution is 2.39. The first-order valence-electron chi connectivity index (χ1n) is 8.60. The highest BCUT2D eigenvalue weighted by Gasteiger charge is 2.46. The van der Waals surface area contributed by atoms with Gasteiger partial charge >= 0.3 is 0 Å². The minimum Gasteiger partial charge on any atom is -0.377 e. The van der Waals surface area contributed by atoms with Crippen molar-refractivity contribution in [3.63, 3.8) is 0 Å². The Balaban J connectivity index is 1.71. The number of rotatable bonds is 2. The molecule has 2 heterocycles. The molecular weight excluding hydrogens is 248 g/mol. The molecule has 2 unspecified atom stereocenters. The van der Waals surface area contributed by atoms with E-state index in [2.05, 4.69) is 31.0 Å². The standard InChI is InChI=1S/C17H32N2O/c1-16(2,3)15-12-19(11-14-7-6-10-20-14)17(13-18-15)8-4-5-9-17/h14-15,18H,4-13H2,1-3H3. The van der Waals surface area contributed by atoms with Crippen LogP contribution in [0.2, 0.25) is 0 Å². The lowest BCUT2D eigenvalue weighted by Gasteiger charge is -2.52. The van der Waals surface area contributed by atoms with Crippen LogP contribution in [0, 0.1) is 5.41 Å². The molecule has 0 amide bonds. The smallest absolute Gasteiger partial charge is 0.0703 e. The number of nitrogens with one attached hydrogen (secondary N) is 1. The topological polar surface area (TPSA) is 24.5 Å². The van der Waals surface area contributed by atoms with Gasteiger partial charge in [0.15, 0.2) is 0 Å². The van der Waals surface area contributed by atoms with E-state index in [-0.39, 0.29) is 0 Å². The van der Waals surface area contributed by atoms with Crippen molar-refractivity contribution in [2.24, 2.45) is 5.41 Å². The van der Waals surface area contributed by atoms with Crippen molar-refractivity contribution in [1.29, 1.82) is 0 Å². The van der Waals surface area contributed by atoms with Crippen molar-refractivity contribution in [2.75, 3.05) is 26.2 Å². The molecule has 3 aliphatic rings. The van der Waals surface area contributed by atoms with Crippen LogP contribution in [0.5, 0.6) is 0 Å². The second kappa shape index (κ2) is 5.58. The van der Waals surface area contributed by atoms with E-state index in [1.54, 1.807) is 0 Å². The summed E-state index contributed by atoms with van der Waals surface area (Å²) in [6, 6.07) is 0.607. The Hall–Kier alpha value is -0.120. The Labute approximate surface area is 124 Å². The molecule has 0 aromatic heterocycles. The van der Waals surface area contributed by atoms with Gasteiger partial charge in [0.25, 0.3) is 0 Å². The van der Waals surface area contributed by atoms with Gasteiger partial charge in [-0.3, -0.25) is 4.90 Å². The zero-order chi connectivity index (χ0) is 14.2. The van der Waals surface area contributed by atoms with Crippen molar-refractivity contribution in [3.8, 4) is 0 Å². The van der Waals surface area contributed by atoms with Crippen LogP contribution in [0.4, 0.5) is 0 Å². The number of ether oxygens (including phenoxy) is 1. The lowest BCUT2D eigenvalue weighted by Crippen LogP contribution is -2.67. The molecule has 20 heavy (non-hydrogen) atoms. The summed E-state index contributed by atoms with van der Waals surface area (Å²) in [7, 11) is 0. The normalized spacial score (nSPS) is 35.0. The first kappa shape index (κ1) is 14.8. The number of piperazine rings is 1. The zero-order valence-electron chi connectivity index (χ0n) is 13.6. The molecule has 3 nitrogen and oxygen atoms in total. The fraction of sp³-hybridized carbons (Fsp3) is 1.00. The van der Waals surface area contributed by atoms with Crippen LogP contribution in [-0.2, 0) is 4.74 Å². The van der Waals surface area contributed by atoms with E-state index in [1.165, 1.54) is 51.6 Å². The molecule has 2 aliphatic heterocycles. The molecule has 2 saturated heterocycles. The highest BCUT2D eigenvalue weighted by atomic mass is 16.5. The van der Waals surface area contributed by atoms with Crippen LogP contribution >= 0.6 is 0 Å². The average molecular weight is 280 g/mol. The molecule has 3 fully saturated rings. The SMILES string of the molecule is CC(C)(C)C1CN(CC2CCCO2)C2(CCCC2)CN1. The summed E-state index contributed by atoms with van der Waals surface area (Å²) < 4.78 is 5.92. The molecule has 1 saturated carbocycles. The van der Waals surface area contributed by atoms with E-state index in [1.807, 2.05) is 0 Å². The van der Waals surface area contributed by atoms with Crippen molar-refractivity contribution in [3.05, 3.63) is 0 Å². The molecule has 116 valence electrons. The maximum absolute atomic E-state index is 5.92. The van der Waals surface area contributed by atoms with Crippen LogP contribution < -0.4 is 5.32 Å². The first-order chi connectivity index (χ1) is 9.50. The molecule has 0 radical (unpaired) electrons. The van der Waals surface area contributed by atoms with Crippen LogP contribution in [0.3, 0.4) is 0 Å². The van der Waals surface area contributed by atoms with E-state index in [0.717, 1.165) is 13.2 Å². The van der Waals surface area contributed by atoms with Gasteiger partial charge in [-0.25, -0.2) is 0 Å². The third-order valence-corrected chi connectivity index (χ3v) is 5.78. The van der Waals surface area contributed by atoms with Crippen LogP contribution in [0.25, 0.3) is 0 Å². The fourth-order valence-corrected chi connectivity index (χ4v) is 4.31. The Kier molecular flexibility index (Phi) is 4.13. The molecule has 0 bridgehead atoms. The zero-order valence-corrected chi connectivity index (χ0v) is 13.6. The van der Waals surface area contributed by atoms with E-state index in [0.29, 0.717) is 23.1 Å². The van der Waals surface area contributed by atoms with Gasteiger partial charge in [-0.05, 0) is 31.1 Å². The Morgan fingerprint density at radius 1 is 1.20 bits per heavy atom. The maximum Gasteiger partial charge on any atom is 0.0703 e. The van der Waals surface area contributed by atoms with Gasteiger partial charge in [0, 0.05) is 37.8 Å². The molecule has 2 atom stereocenters. The minimum absolute atomic E-state index is 0.342. The van der Waals surface area contributed by atoms with Crippen molar-refractivity contribution < 1.29 is 4.74 Å². The first-order valence-corrected chi connectivity index (χ1v) is 8.60.